The van der Waals surface area contributed by atoms with E-state index in [0.717, 1.165) is 13.1 Å². The summed E-state index contributed by atoms with van der Waals surface area (Å²) in [4.78, 5) is 15.1. The first kappa shape index (κ1) is 10.9. The molecule has 4 nitrogen and oxygen atoms in total. The molecule has 2 heterocycles. The van der Waals surface area contributed by atoms with E-state index in [4.69, 9.17) is 5.11 Å². The Morgan fingerprint density at radius 2 is 2.13 bits per heavy atom. The fourth-order valence-corrected chi connectivity index (χ4v) is 2.74. The molecule has 0 saturated carbocycles. The molecular weight excluding hydrogens is 192 g/mol. The van der Waals surface area contributed by atoms with Gasteiger partial charge in [-0.05, 0) is 26.3 Å². The third-order valence-electron chi connectivity index (χ3n) is 3.62. The summed E-state index contributed by atoms with van der Waals surface area (Å²) in [5, 5.41) is 8.64. The molecule has 86 valence electrons. The third kappa shape index (κ3) is 2.49. The zero-order valence-electron chi connectivity index (χ0n) is 9.35. The molecular formula is C11H20N2O2. The molecule has 0 bridgehead atoms. The van der Waals surface area contributed by atoms with E-state index in [2.05, 4.69) is 11.8 Å². The summed E-state index contributed by atoms with van der Waals surface area (Å²) in [7, 11) is 0. The van der Waals surface area contributed by atoms with Crippen LogP contribution in [0.3, 0.4) is 0 Å². The van der Waals surface area contributed by atoms with Gasteiger partial charge in [-0.25, -0.2) is 0 Å². The van der Waals surface area contributed by atoms with Gasteiger partial charge in [0.1, 0.15) is 0 Å². The molecule has 1 atom stereocenters. The van der Waals surface area contributed by atoms with Crippen molar-refractivity contribution in [2.24, 2.45) is 0 Å². The molecule has 2 aliphatic rings. The molecule has 0 amide bonds. The van der Waals surface area contributed by atoms with Gasteiger partial charge in [-0.1, -0.05) is 6.42 Å². The van der Waals surface area contributed by atoms with Gasteiger partial charge >= 0.3 is 5.97 Å². The van der Waals surface area contributed by atoms with Crippen LogP contribution in [-0.2, 0) is 4.79 Å². The summed E-state index contributed by atoms with van der Waals surface area (Å²) in [6.45, 7) is 5.58. The molecule has 0 aromatic carbocycles. The van der Waals surface area contributed by atoms with Gasteiger partial charge in [0, 0.05) is 25.2 Å². The zero-order valence-corrected chi connectivity index (χ0v) is 9.35. The van der Waals surface area contributed by atoms with Gasteiger partial charge in [-0.15, -0.1) is 0 Å². The normalized spacial score (nSPS) is 30.1. The summed E-state index contributed by atoms with van der Waals surface area (Å²) in [5.74, 6) is -0.708. The number of likely N-dealkylation sites (tertiary alicyclic amines) is 2. The number of piperidine rings is 1. The first-order chi connectivity index (χ1) is 7.16. The van der Waals surface area contributed by atoms with Crippen LogP contribution in [0.15, 0.2) is 0 Å². The quantitative estimate of drug-likeness (QED) is 0.745. The molecule has 2 rings (SSSR count). The van der Waals surface area contributed by atoms with E-state index in [9.17, 15) is 4.79 Å². The monoisotopic (exact) mass is 212 g/mol. The second-order valence-corrected chi connectivity index (χ2v) is 4.82. The molecule has 0 radical (unpaired) electrons. The molecule has 0 aromatic heterocycles. The van der Waals surface area contributed by atoms with E-state index in [1.165, 1.54) is 25.8 Å². The summed E-state index contributed by atoms with van der Waals surface area (Å²) in [5.41, 5.74) is 0. The largest absolute Gasteiger partial charge is 0.480 e. The summed E-state index contributed by atoms with van der Waals surface area (Å²) in [6, 6.07) is 1.30. The van der Waals surface area contributed by atoms with Gasteiger partial charge in [0.2, 0.25) is 0 Å². The lowest BCUT2D eigenvalue weighted by Crippen LogP contribution is -2.62. The van der Waals surface area contributed by atoms with Crippen LogP contribution < -0.4 is 0 Å². The smallest absolute Gasteiger partial charge is 0.317 e. The molecule has 1 unspecified atom stereocenters. The van der Waals surface area contributed by atoms with Crippen molar-refractivity contribution in [3.8, 4) is 0 Å². The van der Waals surface area contributed by atoms with Gasteiger partial charge < -0.3 is 5.11 Å². The second kappa shape index (κ2) is 4.49. The third-order valence-corrected chi connectivity index (χ3v) is 3.62. The number of rotatable bonds is 3. The Morgan fingerprint density at radius 1 is 1.40 bits per heavy atom. The number of hydrogen-bond donors (Lipinski definition) is 1. The minimum Gasteiger partial charge on any atom is -0.480 e. The van der Waals surface area contributed by atoms with Crippen LogP contribution >= 0.6 is 0 Å². The number of carboxylic acid groups (broad SMARTS) is 1. The molecule has 0 spiro atoms. The fourth-order valence-electron chi connectivity index (χ4n) is 2.74. The molecule has 0 aliphatic carbocycles. The highest BCUT2D eigenvalue weighted by Gasteiger charge is 2.35. The lowest BCUT2D eigenvalue weighted by Gasteiger charge is -2.48. The highest BCUT2D eigenvalue weighted by Crippen LogP contribution is 2.23. The van der Waals surface area contributed by atoms with E-state index in [1.54, 1.807) is 0 Å². The number of nitrogens with zero attached hydrogens (tertiary/aromatic N) is 2. The Hall–Kier alpha value is -0.610. The van der Waals surface area contributed by atoms with Gasteiger partial charge in [0.05, 0.1) is 6.54 Å². The number of aliphatic carboxylic acids is 1. The van der Waals surface area contributed by atoms with Crippen molar-refractivity contribution >= 4 is 5.97 Å². The Balaban J connectivity index is 1.75. The van der Waals surface area contributed by atoms with Crippen molar-refractivity contribution in [1.29, 1.82) is 0 Å². The van der Waals surface area contributed by atoms with Crippen molar-refractivity contribution in [3.05, 3.63) is 0 Å². The van der Waals surface area contributed by atoms with E-state index in [1.807, 2.05) is 4.90 Å². The number of hydrogen-bond acceptors (Lipinski definition) is 3. The van der Waals surface area contributed by atoms with Gasteiger partial charge in [-0.3, -0.25) is 14.6 Å². The summed E-state index contributed by atoms with van der Waals surface area (Å²) >= 11 is 0. The van der Waals surface area contributed by atoms with Crippen LogP contribution in [0.2, 0.25) is 0 Å². The average Bonchev–Trinajstić information content (AvgIpc) is 2.12. The minimum atomic E-state index is -0.708. The average molecular weight is 212 g/mol. The molecule has 2 fully saturated rings. The number of carboxylic acids is 1. The van der Waals surface area contributed by atoms with Crippen molar-refractivity contribution in [2.75, 3.05) is 26.2 Å². The standard InChI is InChI=1S/C11H20N2O2/c1-9-4-2-3-5-13(9)10-6-12(7-10)8-11(14)15/h9-10H,2-8H2,1H3,(H,14,15). The van der Waals surface area contributed by atoms with Crippen LogP contribution in [0.5, 0.6) is 0 Å². The van der Waals surface area contributed by atoms with Gasteiger partial charge in [-0.2, -0.15) is 0 Å². The maximum atomic E-state index is 10.5. The van der Waals surface area contributed by atoms with E-state index < -0.39 is 5.97 Å². The Bertz CT molecular complexity index is 239. The van der Waals surface area contributed by atoms with Crippen LogP contribution in [0.4, 0.5) is 0 Å². The predicted octanol–water partition coefficient (Wildman–Crippen LogP) is 0.630. The van der Waals surface area contributed by atoms with Gasteiger partial charge in [0.25, 0.3) is 0 Å². The summed E-state index contributed by atoms with van der Waals surface area (Å²) < 4.78 is 0. The molecule has 2 aliphatic heterocycles. The van der Waals surface area contributed by atoms with Crippen molar-refractivity contribution in [1.82, 2.24) is 9.80 Å². The van der Waals surface area contributed by atoms with Crippen LogP contribution in [0, 0.1) is 0 Å². The van der Waals surface area contributed by atoms with Crippen LogP contribution in [0.25, 0.3) is 0 Å². The SMILES string of the molecule is CC1CCCCN1C1CN(CC(=O)O)C1. The maximum absolute atomic E-state index is 10.5. The second-order valence-electron chi connectivity index (χ2n) is 4.82. The fraction of sp³-hybridized carbons (Fsp3) is 0.909. The predicted molar refractivity (Wildman–Crippen MR) is 57.9 cm³/mol. The lowest BCUT2D eigenvalue weighted by atomic mass is 9.97. The molecule has 4 heteroatoms. The van der Waals surface area contributed by atoms with E-state index in [0.29, 0.717) is 12.1 Å². The molecule has 15 heavy (non-hydrogen) atoms. The Labute approximate surface area is 90.9 Å². The summed E-state index contributed by atoms with van der Waals surface area (Å²) in [6.07, 6.45) is 3.96. The highest BCUT2D eigenvalue weighted by molar-refractivity contribution is 5.69. The highest BCUT2D eigenvalue weighted by atomic mass is 16.4. The Kier molecular flexibility index (Phi) is 3.26. The number of carbonyl (C=O) groups is 1. The molecule has 1 N–H and O–H groups in total. The Morgan fingerprint density at radius 3 is 2.73 bits per heavy atom. The minimum absolute atomic E-state index is 0.207. The first-order valence-corrected chi connectivity index (χ1v) is 5.86. The maximum Gasteiger partial charge on any atom is 0.317 e. The zero-order chi connectivity index (χ0) is 10.8. The van der Waals surface area contributed by atoms with Crippen molar-refractivity contribution < 1.29 is 9.90 Å². The van der Waals surface area contributed by atoms with E-state index in [-0.39, 0.29) is 6.54 Å². The lowest BCUT2D eigenvalue weighted by molar-refractivity contribution is -0.140. The van der Waals surface area contributed by atoms with E-state index >= 15 is 0 Å². The topological polar surface area (TPSA) is 43.8 Å². The van der Waals surface area contributed by atoms with Crippen molar-refractivity contribution in [2.45, 2.75) is 38.3 Å². The van der Waals surface area contributed by atoms with Crippen molar-refractivity contribution in [3.63, 3.8) is 0 Å². The molecule has 0 aromatic rings. The van der Waals surface area contributed by atoms with Crippen LogP contribution in [-0.4, -0.2) is 59.1 Å². The van der Waals surface area contributed by atoms with Gasteiger partial charge in [0.15, 0.2) is 0 Å². The molecule has 2 saturated heterocycles. The van der Waals surface area contributed by atoms with Crippen LogP contribution in [0.1, 0.15) is 26.2 Å². The first-order valence-electron chi connectivity index (χ1n) is 5.86.